The number of carbonyl (C=O) groups excluding carboxylic acids is 2. The van der Waals surface area contributed by atoms with E-state index in [-0.39, 0.29) is 5.91 Å². The van der Waals surface area contributed by atoms with Gasteiger partial charge in [-0.05, 0) is 37.6 Å². The van der Waals surface area contributed by atoms with E-state index < -0.39 is 23.8 Å². The second kappa shape index (κ2) is 4.63. The van der Waals surface area contributed by atoms with Crippen molar-refractivity contribution in [1.29, 1.82) is 0 Å². The molecule has 6 nitrogen and oxygen atoms in total. The Labute approximate surface area is 116 Å². The first-order chi connectivity index (χ1) is 9.25. The molecule has 2 N–H and O–H groups in total. The van der Waals surface area contributed by atoms with E-state index in [0.29, 0.717) is 5.56 Å². The molecule has 6 heteroatoms. The van der Waals surface area contributed by atoms with Crippen molar-refractivity contribution in [3.63, 3.8) is 0 Å². The van der Waals surface area contributed by atoms with E-state index in [9.17, 15) is 14.4 Å². The van der Waals surface area contributed by atoms with Crippen LogP contribution in [0.3, 0.4) is 0 Å². The zero-order chi connectivity index (χ0) is 15.1. The van der Waals surface area contributed by atoms with Gasteiger partial charge in [-0.2, -0.15) is 0 Å². The van der Waals surface area contributed by atoms with Crippen molar-refractivity contribution >= 4 is 23.5 Å². The zero-order valence-electron chi connectivity index (χ0n) is 11.6. The first-order valence-electron chi connectivity index (χ1n) is 6.18. The van der Waals surface area contributed by atoms with Gasteiger partial charge >= 0.3 is 5.97 Å². The third-order valence-corrected chi connectivity index (χ3v) is 3.53. The number of likely N-dealkylation sites (N-methyl/N-ethyl adjacent to an activating group) is 1. The van der Waals surface area contributed by atoms with Crippen molar-refractivity contribution in [1.82, 2.24) is 5.32 Å². The standard InChI is InChI=1S/C14H16N2O4/c1-14(2)9-6-8(12(19)15-7-11(17)18)4-5-10(9)16(3)13(14)20/h4-6H,7H2,1-3H3,(H,15,19)(H,17,18). The summed E-state index contributed by atoms with van der Waals surface area (Å²) in [4.78, 5) is 36.0. The highest BCUT2D eigenvalue weighted by Gasteiger charge is 2.42. The van der Waals surface area contributed by atoms with Gasteiger partial charge in [0.2, 0.25) is 5.91 Å². The molecule has 0 aromatic heterocycles. The molecule has 0 saturated heterocycles. The van der Waals surface area contributed by atoms with Crippen LogP contribution in [0.5, 0.6) is 0 Å². The van der Waals surface area contributed by atoms with E-state index in [0.717, 1.165) is 11.3 Å². The van der Waals surface area contributed by atoms with Gasteiger partial charge in [-0.1, -0.05) is 0 Å². The molecule has 1 aliphatic rings. The number of carboxylic acid groups (broad SMARTS) is 1. The van der Waals surface area contributed by atoms with Gasteiger partial charge in [0.15, 0.2) is 0 Å². The van der Waals surface area contributed by atoms with E-state index in [4.69, 9.17) is 5.11 Å². The predicted molar refractivity (Wildman–Crippen MR) is 72.8 cm³/mol. The van der Waals surface area contributed by atoms with Crippen LogP contribution >= 0.6 is 0 Å². The number of benzene rings is 1. The number of anilines is 1. The molecule has 0 fully saturated rings. The lowest BCUT2D eigenvalue weighted by atomic mass is 9.85. The van der Waals surface area contributed by atoms with Gasteiger partial charge in [-0.25, -0.2) is 0 Å². The lowest BCUT2D eigenvalue weighted by Gasteiger charge is -2.16. The highest BCUT2D eigenvalue weighted by Crippen LogP contribution is 2.40. The van der Waals surface area contributed by atoms with Gasteiger partial charge in [0.25, 0.3) is 5.91 Å². The van der Waals surface area contributed by atoms with Crippen LogP contribution in [0.1, 0.15) is 29.8 Å². The Kier molecular flexibility index (Phi) is 3.25. The SMILES string of the molecule is CN1C(=O)C(C)(C)c2cc(C(=O)NCC(=O)O)ccc21. The third kappa shape index (κ3) is 2.13. The van der Waals surface area contributed by atoms with Gasteiger partial charge in [0.1, 0.15) is 6.54 Å². The smallest absolute Gasteiger partial charge is 0.322 e. The van der Waals surface area contributed by atoms with Crippen LogP contribution in [0.15, 0.2) is 18.2 Å². The molecule has 0 aliphatic carbocycles. The summed E-state index contributed by atoms with van der Waals surface area (Å²) in [5.74, 6) is -1.60. The number of aliphatic carboxylic acids is 1. The van der Waals surface area contributed by atoms with Gasteiger partial charge in [0, 0.05) is 18.3 Å². The van der Waals surface area contributed by atoms with Crippen molar-refractivity contribution < 1.29 is 19.5 Å². The highest BCUT2D eigenvalue weighted by molar-refractivity contribution is 6.08. The van der Waals surface area contributed by atoms with Gasteiger partial charge in [0.05, 0.1) is 5.41 Å². The second-order valence-corrected chi connectivity index (χ2v) is 5.30. The Balaban J connectivity index is 2.34. The average Bonchev–Trinajstić information content (AvgIpc) is 2.57. The van der Waals surface area contributed by atoms with Crippen molar-refractivity contribution in [2.45, 2.75) is 19.3 Å². The molecule has 0 atom stereocenters. The Hall–Kier alpha value is -2.37. The molecule has 0 saturated carbocycles. The maximum atomic E-state index is 12.1. The first-order valence-corrected chi connectivity index (χ1v) is 6.18. The lowest BCUT2D eigenvalue weighted by molar-refractivity contribution is -0.135. The summed E-state index contributed by atoms with van der Waals surface area (Å²) in [6.07, 6.45) is 0. The molecule has 2 amide bonds. The number of carbonyl (C=O) groups is 3. The van der Waals surface area contributed by atoms with Gasteiger partial charge in [-0.15, -0.1) is 0 Å². The van der Waals surface area contributed by atoms with Gasteiger partial charge < -0.3 is 15.3 Å². The summed E-state index contributed by atoms with van der Waals surface area (Å²) in [6.45, 7) is 3.17. The summed E-state index contributed by atoms with van der Waals surface area (Å²) >= 11 is 0. The molecule has 1 aromatic carbocycles. The Morgan fingerprint density at radius 3 is 2.60 bits per heavy atom. The number of nitrogens with zero attached hydrogens (tertiary/aromatic N) is 1. The van der Waals surface area contributed by atoms with Crippen LogP contribution < -0.4 is 10.2 Å². The maximum Gasteiger partial charge on any atom is 0.322 e. The van der Waals surface area contributed by atoms with Crippen molar-refractivity contribution in [3.05, 3.63) is 29.3 Å². The molecular weight excluding hydrogens is 260 g/mol. The maximum absolute atomic E-state index is 12.1. The number of amides is 2. The number of carboxylic acids is 1. The van der Waals surface area contributed by atoms with Crippen molar-refractivity contribution in [2.24, 2.45) is 0 Å². The van der Waals surface area contributed by atoms with Crippen LogP contribution in [0.4, 0.5) is 5.69 Å². The number of rotatable bonds is 3. The summed E-state index contributed by atoms with van der Waals surface area (Å²) in [7, 11) is 1.69. The number of hydrogen-bond donors (Lipinski definition) is 2. The topological polar surface area (TPSA) is 86.7 Å². The number of nitrogens with one attached hydrogen (secondary N) is 1. The van der Waals surface area contributed by atoms with E-state index in [1.54, 1.807) is 44.0 Å². The minimum atomic E-state index is -1.10. The van der Waals surface area contributed by atoms with E-state index in [2.05, 4.69) is 5.32 Å². The predicted octanol–water partition coefficient (Wildman–Crippen LogP) is 0.755. The average molecular weight is 276 g/mol. The highest BCUT2D eigenvalue weighted by atomic mass is 16.4. The Morgan fingerprint density at radius 2 is 2.00 bits per heavy atom. The van der Waals surface area contributed by atoms with Crippen molar-refractivity contribution in [2.75, 3.05) is 18.5 Å². The minimum absolute atomic E-state index is 0.0319. The van der Waals surface area contributed by atoms with Crippen LogP contribution in [-0.2, 0) is 15.0 Å². The second-order valence-electron chi connectivity index (χ2n) is 5.30. The lowest BCUT2D eigenvalue weighted by Crippen LogP contribution is -2.33. The molecule has 106 valence electrons. The summed E-state index contributed by atoms with van der Waals surface area (Å²) in [6, 6.07) is 4.94. The fraction of sp³-hybridized carbons (Fsp3) is 0.357. The van der Waals surface area contributed by atoms with E-state index in [1.807, 2.05) is 0 Å². The van der Waals surface area contributed by atoms with Crippen LogP contribution in [0.25, 0.3) is 0 Å². The number of hydrogen-bond acceptors (Lipinski definition) is 3. The molecule has 2 rings (SSSR count). The molecule has 1 aromatic rings. The quantitative estimate of drug-likeness (QED) is 0.853. The monoisotopic (exact) mass is 276 g/mol. The molecule has 1 heterocycles. The molecule has 0 bridgehead atoms. The minimum Gasteiger partial charge on any atom is -0.480 e. The fourth-order valence-corrected chi connectivity index (χ4v) is 2.37. The van der Waals surface area contributed by atoms with E-state index in [1.165, 1.54) is 0 Å². The van der Waals surface area contributed by atoms with Crippen LogP contribution in [-0.4, -0.2) is 36.5 Å². The van der Waals surface area contributed by atoms with E-state index >= 15 is 0 Å². The normalized spacial score (nSPS) is 15.9. The molecule has 0 unspecified atom stereocenters. The summed E-state index contributed by atoms with van der Waals surface area (Å²) in [5, 5.41) is 10.9. The summed E-state index contributed by atoms with van der Waals surface area (Å²) < 4.78 is 0. The zero-order valence-corrected chi connectivity index (χ0v) is 11.6. The van der Waals surface area contributed by atoms with Crippen LogP contribution in [0.2, 0.25) is 0 Å². The van der Waals surface area contributed by atoms with Crippen LogP contribution in [0, 0.1) is 0 Å². The van der Waals surface area contributed by atoms with Gasteiger partial charge in [-0.3, -0.25) is 14.4 Å². The summed E-state index contributed by atoms with van der Waals surface area (Å²) in [5.41, 5.74) is 1.21. The molecule has 20 heavy (non-hydrogen) atoms. The third-order valence-electron chi connectivity index (χ3n) is 3.53. The van der Waals surface area contributed by atoms with Crippen molar-refractivity contribution in [3.8, 4) is 0 Å². The molecular formula is C14H16N2O4. The Bertz CT molecular complexity index is 607. The molecule has 0 radical (unpaired) electrons. The molecule has 1 aliphatic heterocycles. The fourth-order valence-electron chi connectivity index (χ4n) is 2.37. The number of fused-ring (bicyclic) bond motifs is 1. The Morgan fingerprint density at radius 1 is 1.35 bits per heavy atom. The first kappa shape index (κ1) is 14.0. The largest absolute Gasteiger partial charge is 0.480 e. The molecule has 0 spiro atoms.